The van der Waals surface area contributed by atoms with E-state index >= 15 is 0 Å². The summed E-state index contributed by atoms with van der Waals surface area (Å²) in [5.74, 6) is 7.64. The number of rotatable bonds is 10. The van der Waals surface area contributed by atoms with E-state index in [4.69, 9.17) is 39.6 Å². The summed E-state index contributed by atoms with van der Waals surface area (Å²) in [6, 6.07) is 1.55. The van der Waals surface area contributed by atoms with Crippen molar-refractivity contribution < 1.29 is 28.3 Å². The fourth-order valence-electron chi connectivity index (χ4n) is 3.26. The molecule has 0 amide bonds. The molecule has 0 aliphatic rings. The number of furan rings is 1. The minimum Gasteiger partial charge on any atom is -0.468 e. The van der Waals surface area contributed by atoms with Gasteiger partial charge in [-0.3, -0.25) is 14.4 Å². The van der Waals surface area contributed by atoms with Gasteiger partial charge in [-0.05, 0) is 24.6 Å². The number of hydrogen-bond donors (Lipinski definition) is 0. The van der Waals surface area contributed by atoms with E-state index in [-0.39, 0.29) is 31.4 Å². The summed E-state index contributed by atoms with van der Waals surface area (Å²) in [7, 11) is 2.38. The number of ketones is 1. The Morgan fingerprint density at radius 3 is 1.88 bits per heavy atom. The smallest absolute Gasteiger partial charge is 0.321 e. The van der Waals surface area contributed by atoms with E-state index in [0.29, 0.717) is 11.1 Å². The molecule has 0 spiro atoms. The molecule has 0 N–H and O–H groups in total. The predicted octanol–water partition coefficient (Wildman–Crippen LogP) is 2.92. The maximum atomic E-state index is 13.1. The van der Waals surface area contributed by atoms with Crippen LogP contribution in [0.25, 0.3) is 5.57 Å². The Morgan fingerprint density at radius 1 is 0.938 bits per heavy atom. The van der Waals surface area contributed by atoms with Gasteiger partial charge in [0.05, 0.1) is 20.5 Å². The van der Waals surface area contributed by atoms with Gasteiger partial charge in [0.15, 0.2) is 11.2 Å². The van der Waals surface area contributed by atoms with Crippen molar-refractivity contribution in [2.45, 2.75) is 38.0 Å². The zero-order chi connectivity index (χ0) is 24.4. The number of carbonyl (C=O) groups is 3. The van der Waals surface area contributed by atoms with Crippen molar-refractivity contribution in [3.8, 4) is 49.4 Å². The van der Waals surface area contributed by atoms with Gasteiger partial charge in [0.25, 0.3) is 0 Å². The summed E-state index contributed by atoms with van der Waals surface area (Å²) in [5.41, 5.74) is -2.17. The van der Waals surface area contributed by atoms with Gasteiger partial charge in [-0.15, -0.1) is 49.4 Å². The Kier molecular flexibility index (Phi) is 9.16. The molecule has 0 saturated carbocycles. The van der Waals surface area contributed by atoms with Gasteiger partial charge in [0, 0.05) is 31.2 Å². The first kappa shape index (κ1) is 25.9. The molecule has 164 valence electrons. The quantitative estimate of drug-likeness (QED) is 0.245. The van der Waals surface area contributed by atoms with Crippen molar-refractivity contribution in [3.05, 3.63) is 29.7 Å². The average molecular weight is 432 g/mol. The van der Waals surface area contributed by atoms with Crippen LogP contribution < -0.4 is 0 Å². The second-order valence-electron chi connectivity index (χ2n) is 7.06. The minimum absolute atomic E-state index is 0.0473. The molecule has 1 heterocycles. The lowest BCUT2D eigenvalue weighted by Gasteiger charge is -2.25. The van der Waals surface area contributed by atoms with E-state index in [1.165, 1.54) is 19.4 Å². The molecule has 1 rings (SSSR count). The first-order valence-corrected chi connectivity index (χ1v) is 9.45. The van der Waals surface area contributed by atoms with Crippen LogP contribution in [-0.2, 0) is 29.3 Å². The van der Waals surface area contributed by atoms with E-state index in [9.17, 15) is 14.4 Å². The highest BCUT2D eigenvalue weighted by molar-refractivity contribution is 6.12. The van der Waals surface area contributed by atoms with Gasteiger partial charge in [-0.25, -0.2) is 0 Å². The standard InChI is InChI=1S/C26H24O6/c1-8-12-25(13-9-2,23(28)30-6)21(27)16-19(5)20-17-22(32-18-20)26(14-10-3,15-11-4)24(29)31-7/h1-4,16-18H,12-15H2,5-7H3/b19-16+. The van der Waals surface area contributed by atoms with E-state index in [0.717, 1.165) is 7.11 Å². The molecule has 0 aliphatic carbocycles. The lowest BCUT2D eigenvalue weighted by molar-refractivity contribution is -0.156. The predicted molar refractivity (Wildman–Crippen MR) is 119 cm³/mol. The number of ether oxygens (including phenoxy) is 2. The largest absolute Gasteiger partial charge is 0.468 e. The zero-order valence-corrected chi connectivity index (χ0v) is 18.3. The molecule has 6 heteroatoms. The van der Waals surface area contributed by atoms with Crippen LogP contribution in [0.4, 0.5) is 0 Å². The molecule has 0 aliphatic heterocycles. The Bertz CT molecular complexity index is 1040. The Labute approximate surface area is 188 Å². The first-order chi connectivity index (χ1) is 15.2. The van der Waals surface area contributed by atoms with Gasteiger partial charge < -0.3 is 13.9 Å². The van der Waals surface area contributed by atoms with Crippen molar-refractivity contribution in [1.29, 1.82) is 0 Å². The van der Waals surface area contributed by atoms with Crippen LogP contribution in [0.1, 0.15) is 43.9 Å². The van der Waals surface area contributed by atoms with Gasteiger partial charge >= 0.3 is 11.9 Å². The second-order valence-corrected chi connectivity index (χ2v) is 7.06. The third kappa shape index (κ3) is 4.95. The molecule has 0 saturated heterocycles. The SMILES string of the molecule is C#CCC(CC#C)(C(=O)/C=C(\C)c1coc(C(CC#C)(CC#C)C(=O)OC)c1)C(=O)OC. The highest BCUT2D eigenvalue weighted by Crippen LogP contribution is 2.36. The van der Waals surface area contributed by atoms with Crippen molar-refractivity contribution in [3.63, 3.8) is 0 Å². The normalized spacial score (nSPS) is 11.3. The third-order valence-corrected chi connectivity index (χ3v) is 5.11. The molecule has 1 aromatic rings. The third-order valence-electron chi connectivity index (χ3n) is 5.11. The van der Waals surface area contributed by atoms with Crippen LogP contribution >= 0.6 is 0 Å². The number of allylic oxidation sites excluding steroid dienone is 2. The van der Waals surface area contributed by atoms with Crippen LogP contribution in [0.5, 0.6) is 0 Å². The lowest BCUT2D eigenvalue weighted by atomic mass is 9.76. The van der Waals surface area contributed by atoms with Crippen LogP contribution in [0.15, 0.2) is 22.8 Å². The number of methoxy groups -OCH3 is 2. The fourth-order valence-corrected chi connectivity index (χ4v) is 3.26. The molecule has 0 radical (unpaired) electrons. The maximum absolute atomic E-state index is 13.1. The van der Waals surface area contributed by atoms with Crippen molar-refractivity contribution in [2.75, 3.05) is 14.2 Å². The molecule has 1 aromatic heterocycles. The second kappa shape index (κ2) is 11.3. The van der Waals surface area contributed by atoms with E-state index in [1.807, 2.05) is 0 Å². The Balaban J connectivity index is 3.49. The van der Waals surface area contributed by atoms with Crippen molar-refractivity contribution in [2.24, 2.45) is 5.41 Å². The lowest BCUT2D eigenvalue weighted by Crippen LogP contribution is -2.39. The summed E-state index contributed by atoms with van der Waals surface area (Å²) in [5, 5.41) is 0. The van der Waals surface area contributed by atoms with Gasteiger partial charge in [0.1, 0.15) is 11.2 Å². The van der Waals surface area contributed by atoms with Crippen molar-refractivity contribution in [1.82, 2.24) is 0 Å². The minimum atomic E-state index is -1.70. The molecular weight excluding hydrogens is 408 g/mol. The van der Waals surface area contributed by atoms with Crippen LogP contribution in [-0.4, -0.2) is 31.9 Å². The highest BCUT2D eigenvalue weighted by Gasteiger charge is 2.45. The Morgan fingerprint density at radius 2 is 1.44 bits per heavy atom. The molecular formula is C26H24O6. The van der Waals surface area contributed by atoms with E-state index in [1.54, 1.807) is 13.0 Å². The summed E-state index contributed by atoms with van der Waals surface area (Å²) in [4.78, 5) is 38.0. The van der Waals surface area contributed by atoms with Crippen molar-refractivity contribution >= 4 is 23.3 Å². The number of hydrogen-bond acceptors (Lipinski definition) is 6. The highest BCUT2D eigenvalue weighted by atomic mass is 16.5. The number of esters is 2. The first-order valence-electron chi connectivity index (χ1n) is 9.45. The molecule has 0 unspecified atom stereocenters. The molecule has 32 heavy (non-hydrogen) atoms. The van der Waals surface area contributed by atoms with E-state index in [2.05, 4.69) is 23.7 Å². The Hall–Kier alpha value is -4.13. The van der Waals surface area contributed by atoms with Gasteiger partial charge in [-0.1, -0.05) is 0 Å². The van der Waals surface area contributed by atoms with Crippen LogP contribution in [0.3, 0.4) is 0 Å². The molecule has 0 atom stereocenters. The summed E-state index contributed by atoms with van der Waals surface area (Å²) < 4.78 is 15.3. The molecule has 0 aromatic carbocycles. The molecule has 0 fully saturated rings. The molecule has 6 nitrogen and oxygen atoms in total. The summed E-state index contributed by atoms with van der Waals surface area (Å²) >= 11 is 0. The number of terminal acetylenes is 4. The summed E-state index contributed by atoms with van der Waals surface area (Å²) in [6.45, 7) is 1.63. The van der Waals surface area contributed by atoms with Crippen LogP contribution in [0.2, 0.25) is 0 Å². The summed E-state index contributed by atoms with van der Waals surface area (Å²) in [6.07, 6.45) is 23.7. The van der Waals surface area contributed by atoms with Gasteiger partial charge in [-0.2, -0.15) is 0 Å². The maximum Gasteiger partial charge on any atom is 0.321 e. The monoisotopic (exact) mass is 432 g/mol. The van der Waals surface area contributed by atoms with E-state index < -0.39 is 28.6 Å². The topological polar surface area (TPSA) is 82.8 Å². The average Bonchev–Trinajstić information content (AvgIpc) is 3.28. The number of carbonyl (C=O) groups excluding carboxylic acids is 3. The van der Waals surface area contributed by atoms with Gasteiger partial charge in [0.2, 0.25) is 0 Å². The zero-order valence-electron chi connectivity index (χ0n) is 18.3. The molecule has 0 bridgehead atoms. The fraction of sp³-hybridized carbons (Fsp3) is 0.346. The van der Waals surface area contributed by atoms with Crippen LogP contribution in [0, 0.1) is 54.8 Å².